The molecule has 1 unspecified atom stereocenters. The minimum Gasteiger partial charge on any atom is -0.374 e. The fourth-order valence-corrected chi connectivity index (χ4v) is 3.20. The fourth-order valence-electron chi connectivity index (χ4n) is 2.71. The lowest BCUT2D eigenvalue weighted by Crippen LogP contribution is -2.43. The van der Waals surface area contributed by atoms with Gasteiger partial charge in [0, 0.05) is 13.1 Å². The molecule has 1 N–H and O–H groups in total. The van der Waals surface area contributed by atoms with Gasteiger partial charge in [0.1, 0.15) is 0 Å². The highest BCUT2D eigenvalue weighted by Crippen LogP contribution is 2.23. The first kappa shape index (κ1) is 14.1. The number of hydrogen-bond donors (Lipinski definition) is 1. The number of para-hydroxylation sites is 1. The van der Waals surface area contributed by atoms with Crippen molar-refractivity contribution in [2.45, 2.75) is 19.6 Å². The third-order valence-corrected chi connectivity index (χ3v) is 4.45. The third kappa shape index (κ3) is 2.63. The van der Waals surface area contributed by atoms with E-state index >= 15 is 0 Å². The van der Waals surface area contributed by atoms with Crippen LogP contribution in [0.1, 0.15) is 6.92 Å². The van der Waals surface area contributed by atoms with Crippen LogP contribution in [0.15, 0.2) is 18.2 Å². The van der Waals surface area contributed by atoms with Gasteiger partial charge in [-0.1, -0.05) is 24.6 Å². The van der Waals surface area contributed by atoms with Gasteiger partial charge < -0.3 is 14.3 Å². The maximum absolute atomic E-state index is 6.20. The van der Waals surface area contributed by atoms with Gasteiger partial charge in [-0.25, -0.2) is 0 Å². The number of benzene rings is 1. The molecule has 0 spiro atoms. The van der Waals surface area contributed by atoms with E-state index in [4.69, 9.17) is 28.6 Å². The van der Waals surface area contributed by atoms with E-state index in [0.29, 0.717) is 9.79 Å². The van der Waals surface area contributed by atoms with E-state index in [1.807, 2.05) is 18.2 Å². The molecular weight excluding hydrogens is 294 g/mol. The van der Waals surface area contributed by atoms with Crippen molar-refractivity contribution in [2.75, 3.05) is 26.2 Å². The fraction of sp³-hybridized carbons (Fsp3) is 0.500. The predicted molar refractivity (Wildman–Crippen MR) is 84.0 cm³/mol. The summed E-state index contributed by atoms with van der Waals surface area (Å²) in [6.07, 6.45) is 0.174. The predicted octanol–water partition coefficient (Wildman–Crippen LogP) is 3.07. The van der Waals surface area contributed by atoms with Gasteiger partial charge >= 0.3 is 0 Å². The monoisotopic (exact) mass is 311 g/mol. The van der Waals surface area contributed by atoms with E-state index in [2.05, 4.69) is 21.4 Å². The van der Waals surface area contributed by atoms with Crippen LogP contribution in [-0.2, 0) is 11.3 Å². The zero-order valence-electron chi connectivity index (χ0n) is 11.4. The zero-order chi connectivity index (χ0) is 14.1. The molecule has 0 radical (unpaired) electrons. The number of aromatic nitrogens is 2. The number of H-pyrrole nitrogens is 1. The zero-order valence-corrected chi connectivity index (χ0v) is 13.0. The van der Waals surface area contributed by atoms with Gasteiger partial charge in [0.05, 0.1) is 35.3 Å². The Morgan fingerprint density at radius 2 is 2.35 bits per heavy atom. The highest BCUT2D eigenvalue weighted by atomic mass is 35.5. The lowest BCUT2D eigenvalue weighted by molar-refractivity contribution is -0.0339. The topological polar surface area (TPSA) is 33.2 Å². The average molecular weight is 312 g/mol. The summed E-state index contributed by atoms with van der Waals surface area (Å²) in [5, 5.41) is 0.701. The van der Waals surface area contributed by atoms with E-state index in [9.17, 15) is 0 Å². The first-order valence-electron chi connectivity index (χ1n) is 6.90. The van der Waals surface area contributed by atoms with Crippen LogP contribution >= 0.6 is 23.8 Å². The molecule has 2 heterocycles. The quantitative estimate of drug-likeness (QED) is 0.884. The van der Waals surface area contributed by atoms with Gasteiger partial charge in [0.15, 0.2) is 4.77 Å². The molecule has 2 aromatic rings. The highest BCUT2D eigenvalue weighted by molar-refractivity contribution is 7.71. The van der Waals surface area contributed by atoms with E-state index in [1.54, 1.807) is 0 Å². The molecule has 0 aliphatic carbocycles. The maximum atomic E-state index is 6.20. The SMILES string of the molecule is CCN1CCOC(Cn2c(=S)[nH]c3c(Cl)cccc32)C1. The summed E-state index contributed by atoms with van der Waals surface area (Å²) < 4.78 is 8.64. The number of nitrogens with one attached hydrogen (secondary N) is 1. The molecule has 1 fully saturated rings. The van der Waals surface area contributed by atoms with Crippen molar-refractivity contribution in [3.05, 3.63) is 28.0 Å². The van der Waals surface area contributed by atoms with Crippen LogP contribution in [0.5, 0.6) is 0 Å². The summed E-state index contributed by atoms with van der Waals surface area (Å²) in [6, 6.07) is 5.85. The molecule has 1 aromatic heterocycles. The van der Waals surface area contributed by atoms with Crippen molar-refractivity contribution in [3.8, 4) is 0 Å². The van der Waals surface area contributed by atoms with E-state index in [0.717, 1.165) is 43.8 Å². The van der Waals surface area contributed by atoms with Crippen molar-refractivity contribution in [3.63, 3.8) is 0 Å². The lowest BCUT2D eigenvalue weighted by Gasteiger charge is -2.32. The molecule has 0 saturated carbocycles. The number of rotatable bonds is 3. The Kier molecular flexibility index (Phi) is 4.12. The second-order valence-electron chi connectivity index (χ2n) is 5.06. The van der Waals surface area contributed by atoms with Crippen LogP contribution in [0.4, 0.5) is 0 Å². The number of morpholine rings is 1. The molecule has 1 aromatic carbocycles. The lowest BCUT2D eigenvalue weighted by atomic mass is 10.2. The van der Waals surface area contributed by atoms with E-state index < -0.39 is 0 Å². The van der Waals surface area contributed by atoms with Crippen molar-refractivity contribution in [2.24, 2.45) is 0 Å². The minimum absolute atomic E-state index is 0.174. The molecule has 1 saturated heterocycles. The normalized spacial score (nSPS) is 20.6. The molecule has 0 amide bonds. The van der Waals surface area contributed by atoms with Gasteiger partial charge in [-0.2, -0.15) is 0 Å². The Morgan fingerprint density at radius 1 is 1.50 bits per heavy atom. The second kappa shape index (κ2) is 5.85. The van der Waals surface area contributed by atoms with Crippen LogP contribution in [0, 0.1) is 4.77 Å². The van der Waals surface area contributed by atoms with Crippen molar-refractivity contribution in [1.82, 2.24) is 14.5 Å². The summed E-state index contributed by atoms with van der Waals surface area (Å²) in [5.74, 6) is 0. The molecule has 1 aliphatic heterocycles. The van der Waals surface area contributed by atoms with Crippen LogP contribution in [0.3, 0.4) is 0 Å². The van der Waals surface area contributed by atoms with Gasteiger partial charge in [-0.15, -0.1) is 0 Å². The summed E-state index contributed by atoms with van der Waals surface area (Å²) in [6.45, 7) is 6.75. The number of likely N-dealkylation sites (N-methyl/N-ethyl adjacent to an activating group) is 1. The van der Waals surface area contributed by atoms with E-state index in [-0.39, 0.29) is 6.10 Å². The molecular formula is C14H18ClN3OS. The number of imidazole rings is 1. The maximum Gasteiger partial charge on any atom is 0.178 e. The Balaban J connectivity index is 1.89. The smallest absolute Gasteiger partial charge is 0.178 e. The number of ether oxygens (including phenoxy) is 1. The van der Waals surface area contributed by atoms with Crippen LogP contribution in [0.2, 0.25) is 5.02 Å². The summed E-state index contributed by atoms with van der Waals surface area (Å²) >= 11 is 11.6. The van der Waals surface area contributed by atoms with E-state index in [1.165, 1.54) is 0 Å². The van der Waals surface area contributed by atoms with Crippen LogP contribution in [-0.4, -0.2) is 46.8 Å². The molecule has 1 atom stereocenters. The largest absolute Gasteiger partial charge is 0.374 e. The standard InChI is InChI=1S/C14H18ClN3OS/c1-2-17-6-7-19-10(8-17)9-18-12-5-3-4-11(15)13(12)16-14(18)20/h3-5,10H,2,6-9H2,1H3,(H,16,20). The molecule has 0 bridgehead atoms. The van der Waals surface area contributed by atoms with Crippen molar-refractivity contribution in [1.29, 1.82) is 0 Å². The first-order chi connectivity index (χ1) is 9.69. The second-order valence-corrected chi connectivity index (χ2v) is 5.85. The Labute approximate surface area is 128 Å². The van der Waals surface area contributed by atoms with Crippen LogP contribution in [0.25, 0.3) is 11.0 Å². The Hall–Kier alpha value is -0.880. The number of halogens is 1. The van der Waals surface area contributed by atoms with Gasteiger partial charge in [0.2, 0.25) is 0 Å². The average Bonchev–Trinajstić information content (AvgIpc) is 2.78. The number of fused-ring (bicyclic) bond motifs is 1. The summed E-state index contributed by atoms with van der Waals surface area (Å²) in [4.78, 5) is 5.59. The minimum atomic E-state index is 0.174. The van der Waals surface area contributed by atoms with Crippen molar-refractivity contribution < 1.29 is 4.74 Å². The van der Waals surface area contributed by atoms with Gasteiger partial charge in [-0.05, 0) is 30.9 Å². The molecule has 20 heavy (non-hydrogen) atoms. The molecule has 1 aliphatic rings. The Bertz CT molecular complexity index is 666. The molecule has 3 rings (SSSR count). The number of hydrogen-bond acceptors (Lipinski definition) is 3. The third-order valence-electron chi connectivity index (χ3n) is 3.82. The summed E-state index contributed by atoms with van der Waals surface area (Å²) in [7, 11) is 0. The number of nitrogens with zero attached hydrogens (tertiary/aromatic N) is 2. The molecule has 4 nitrogen and oxygen atoms in total. The molecule has 6 heteroatoms. The Morgan fingerprint density at radius 3 is 3.15 bits per heavy atom. The summed E-state index contributed by atoms with van der Waals surface area (Å²) in [5.41, 5.74) is 1.95. The van der Waals surface area contributed by atoms with Crippen molar-refractivity contribution >= 4 is 34.9 Å². The van der Waals surface area contributed by atoms with Gasteiger partial charge in [0.25, 0.3) is 0 Å². The first-order valence-corrected chi connectivity index (χ1v) is 7.68. The van der Waals surface area contributed by atoms with Crippen LogP contribution < -0.4 is 0 Å². The number of aromatic amines is 1. The highest BCUT2D eigenvalue weighted by Gasteiger charge is 2.21. The van der Waals surface area contributed by atoms with Gasteiger partial charge in [-0.3, -0.25) is 4.90 Å². The molecule has 108 valence electrons.